The summed E-state index contributed by atoms with van der Waals surface area (Å²) in [6.45, 7) is 13.6. The zero-order chi connectivity index (χ0) is 17.3. The molecule has 1 atom stereocenters. The van der Waals surface area contributed by atoms with Crippen LogP contribution in [0.5, 0.6) is 0 Å². The van der Waals surface area contributed by atoms with Gasteiger partial charge in [0.2, 0.25) is 0 Å². The molecule has 23 heavy (non-hydrogen) atoms. The van der Waals surface area contributed by atoms with E-state index in [2.05, 4.69) is 35.6 Å². The zero-order valence-electron chi connectivity index (χ0n) is 15.2. The van der Waals surface area contributed by atoms with Gasteiger partial charge in [-0.25, -0.2) is 4.79 Å². The predicted molar refractivity (Wildman–Crippen MR) is 90.5 cm³/mol. The van der Waals surface area contributed by atoms with E-state index in [4.69, 9.17) is 4.74 Å². The van der Waals surface area contributed by atoms with Crippen LogP contribution in [0.3, 0.4) is 0 Å². The molecule has 1 fully saturated rings. The van der Waals surface area contributed by atoms with Gasteiger partial charge in [0.15, 0.2) is 0 Å². The molecule has 1 aromatic rings. The molecule has 2 rings (SSSR count). The second-order valence-electron chi connectivity index (χ2n) is 7.63. The van der Waals surface area contributed by atoms with Crippen molar-refractivity contribution in [3.63, 3.8) is 0 Å². The lowest BCUT2D eigenvalue weighted by Gasteiger charge is -2.27. The van der Waals surface area contributed by atoms with Crippen LogP contribution in [0.1, 0.15) is 51.9 Å². The van der Waals surface area contributed by atoms with Crippen molar-refractivity contribution in [3.8, 4) is 0 Å². The molecule has 0 aromatic carbocycles. The molecule has 2 amide bonds. The highest BCUT2D eigenvalue weighted by Crippen LogP contribution is 2.37. The number of nitrogens with one attached hydrogen (secondary N) is 2. The van der Waals surface area contributed by atoms with Gasteiger partial charge in [-0.2, -0.15) is 5.10 Å². The van der Waals surface area contributed by atoms with E-state index >= 15 is 0 Å². The summed E-state index contributed by atoms with van der Waals surface area (Å²) >= 11 is 0. The minimum absolute atomic E-state index is 0.0218. The fraction of sp³-hybridized carbons (Fsp3) is 0.765. The second kappa shape index (κ2) is 6.51. The van der Waals surface area contributed by atoms with Crippen LogP contribution < -0.4 is 10.6 Å². The SMILES string of the molecule is Cc1cc(C)n(CCCNC(=O)NC2CC(C)(C)OC2(C)C)n1. The summed E-state index contributed by atoms with van der Waals surface area (Å²) in [5.41, 5.74) is 1.64. The average Bonchev–Trinajstić information content (AvgIpc) is 2.80. The largest absolute Gasteiger partial charge is 0.367 e. The molecule has 2 heterocycles. The Morgan fingerprint density at radius 2 is 2.09 bits per heavy atom. The molecule has 130 valence electrons. The summed E-state index contributed by atoms with van der Waals surface area (Å²) in [4.78, 5) is 12.1. The molecule has 0 aliphatic carbocycles. The van der Waals surface area contributed by atoms with Crippen LogP contribution in [0.4, 0.5) is 4.79 Å². The number of aryl methyl sites for hydroxylation is 3. The Bertz CT molecular complexity index is 563. The first-order valence-corrected chi connectivity index (χ1v) is 8.35. The van der Waals surface area contributed by atoms with Gasteiger partial charge in [0.25, 0.3) is 0 Å². The first-order chi connectivity index (χ1) is 10.6. The molecule has 1 unspecified atom stereocenters. The number of hydrogen-bond donors (Lipinski definition) is 2. The molecule has 1 saturated heterocycles. The molecule has 0 saturated carbocycles. The Morgan fingerprint density at radius 3 is 2.61 bits per heavy atom. The van der Waals surface area contributed by atoms with Crippen molar-refractivity contribution in [1.82, 2.24) is 20.4 Å². The summed E-state index contributed by atoms with van der Waals surface area (Å²) in [5, 5.41) is 10.4. The van der Waals surface area contributed by atoms with Crippen LogP contribution in [0, 0.1) is 13.8 Å². The van der Waals surface area contributed by atoms with E-state index < -0.39 is 0 Å². The van der Waals surface area contributed by atoms with Crippen LogP contribution in [0.2, 0.25) is 0 Å². The van der Waals surface area contributed by atoms with Gasteiger partial charge in [0.05, 0.1) is 22.9 Å². The van der Waals surface area contributed by atoms with Gasteiger partial charge in [-0.05, 0) is 60.5 Å². The highest BCUT2D eigenvalue weighted by atomic mass is 16.5. The van der Waals surface area contributed by atoms with Crippen molar-refractivity contribution in [1.29, 1.82) is 0 Å². The predicted octanol–water partition coefficient (Wildman–Crippen LogP) is 2.54. The molecule has 6 nitrogen and oxygen atoms in total. The molecule has 2 N–H and O–H groups in total. The van der Waals surface area contributed by atoms with E-state index in [1.807, 2.05) is 32.4 Å². The minimum atomic E-state index is -0.343. The maximum absolute atomic E-state index is 12.1. The van der Waals surface area contributed by atoms with Gasteiger partial charge in [0, 0.05) is 18.8 Å². The maximum Gasteiger partial charge on any atom is 0.315 e. The Labute approximate surface area is 139 Å². The number of rotatable bonds is 5. The van der Waals surface area contributed by atoms with Crippen molar-refractivity contribution in [2.24, 2.45) is 0 Å². The van der Waals surface area contributed by atoms with E-state index in [-0.39, 0.29) is 23.3 Å². The summed E-state index contributed by atoms with van der Waals surface area (Å²) in [6.07, 6.45) is 1.67. The quantitative estimate of drug-likeness (QED) is 0.819. The van der Waals surface area contributed by atoms with Crippen LogP contribution >= 0.6 is 0 Å². The third-order valence-corrected chi connectivity index (χ3v) is 4.32. The van der Waals surface area contributed by atoms with E-state index in [9.17, 15) is 4.79 Å². The van der Waals surface area contributed by atoms with Gasteiger partial charge < -0.3 is 15.4 Å². The van der Waals surface area contributed by atoms with E-state index in [0.29, 0.717) is 6.54 Å². The molecular weight excluding hydrogens is 292 g/mol. The summed E-state index contributed by atoms with van der Waals surface area (Å²) < 4.78 is 7.97. The van der Waals surface area contributed by atoms with Gasteiger partial charge in [0.1, 0.15) is 0 Å². The maximum atomic E-state index is 12.1. The van der Waals surface area contributed by atoms with E-state index in [0.717, 1.165) is 30.8 Å². The highest BCUT2D eigenvalue weighted by Gasteiger charge is 2.46. The van der Waals surface area contributed by atoms with E-state index in [1.54, 1.807) is 0 Å². The molecular formula is C17H30N4O2. The molecule has 6 heteroatoms. The van der Waals surface area contributed by atoms with Crippen LogP contribution in [0.25, 0.3) is 0 Å². The fourth-order valence-electron chi connectivity index (χ4n) is 3.33. The van der Waals surface area contributed by atoms with Gasteiger partial charge in [-0.1, -0.05) is 0 Å². The van der Waals surface area contributed by atoms with Crippen LogP contribution in [-0.2, 0) is 11.3 Å². The molecule has 1 aromatic heterocycles. The number of nitrogens with zero attached hydrogens (tertiary/aromatic N) is 2. The van der Waals surface area contributed by atoms with Crippen molar-refractivity contribution in [3.05, 3.63) is 17.5 Å². The number of carbonyl (C=O) groups is 1. The van der Waals surface area contributed by atoms with Crippen LogP contribution in [0.15, 0.2) is 6.07 Å². The summed E-state index contributed by atoms with van der Waals surface area (Å²) in [7, 11) is 0. The summed E-state index contributed by atoms with van der Waals surface area (Å²) in [5.74, 6) is 0. The standard InChI is InChI=1S/C17H30N4O2/c1-12-10-13(2)21(20-12)9-7-8-18-15(22)19-14-11-16(3,4)23-17(14,5)6/h10,14H,7-9,11H2,1-6H3,(H2,18,19,22). The molecule has 0 radical (unpaired) electrons. The van der Waals surface area contributed by atoms with Crippen molar-refractivity contribution in [2.45, 2.75) is 78.2 Å². The van der Waals surface area contributed by atoms with Crippen molar-refractivity contribution in [2.75, 3.05) is 6.54 Å². The molecule has 1 aliphatic heterocycles. The van der Waals surface area contributed by atoms with Gasteiger partial charge >= 0.3 is 6.03 Å². The highest BCUT2D eigenvalue weighted by molar-refractivity contribution is 5.74. The number of carbonyl (C=O) groups excluding carboxylic acids is 1. The summed E-state index contributed by atoms with van der Waals surface area (Å²) in [6, 6.07) is 1.95. The molecule has 0 bridgehead atoms. The lowest BCUT2D eigenvalue weighted by molar-refractivity contribution is -0.0690. The third-order valence-electron chi connectivity index (χ3n) is 4.32. The number of aromatic nitrogens is 2. The number of amides is 2. The van der Waals surface area contributed by atoms with Crippen molar-refractivity contribution < 1.29 is 9.53 Å². The number of ether oxygens (including phenoxy) is 1. The smallest absolute Gasteiger partial charge is 0.315 e. The Hall–Kier alpha value is -1.56. The molecule has 1 aliphatic rings. The zero-order valence-corrected chi connectivity index (χ0v) is 15.2. The van der Waals surface area contributed by atoms with Crippen molar-refractivity contribution >= 4 is 6.03 Å². The van der Waals surface area contributed by atoms with E-state index in [1.165, 1.54) is 0 Å². The number of hydrogen-bond acceptors (Lipinski definition) is 3. The Morgan fingerprint density at radius 1 is 1.39 bits per heavy atom. The van der Waals surface area contributed by atoms with Gasteiger partial charge in [-0.15, -0.1) is 0 Å². The normalized spacial score (nSPS) is 22.1. The molecule has 0 spiro atoms. The lowest BCUT2D eigenvalue weighted by atomic mass is 9.95. The van der Waals surface area contributed by atoms with Crippen LogP contribution in [-0.4, -0.2) is 39.6 Å². The average molecular weight is 322 g/mol. The first-order valence-electron chi connectivity index (χ1n) is 8.35. The fourth-order valence-corrected chi connectivity index (χ4v) is 3.33. The number of urea groups is 1. The Balaban J connectivity index is 1.72. The lowest BCUT2D eigenvalue weighted by Crippen LogP contribution is -2.49. The Kier molecular flexibility index (Phi) is 5.04. The third kappa shape index (κ3) is 4.70. The van der Waals surface area contributed by atoms with Gasteiger partial charge in [-0.3, -0.25) is 4.68 Å². The first kappa shape index (κ1) is 17.8. The topological polar surface area (TPSA) is 68.2 Å². The minimum Gasteiger partial charge on any atom is -0.367 e. The second-order valence-corrected chi connectivity index (χ2v) is 7.63. The monoisotopic (exact) mass is 322 g/mol.